The van der Waals surface area contributed by atoms with E-state index in [0.29, 0.717) is 0 Å². The number of benzene rings is 2. The summed E-state index contributed by atoms with van der Waals surface area (Å²) in [5.74, 6) is -0.166. The van der Waals surface area contributed by atoms with Gasteiger partial charge in [0.1, 0.15) is 0 Å². The number of aliphatic hydroxyl groups is 1. The average molecular weight is 280 g/mol. The molecule has 1 heterocycles. The van der Waals surface area contributed by atoms with E-state index >= 15 is 0 Å². The fraction of sp³-hybridized carbons (Fsp3) is 0.167. The van der Waals surface area contributed by atoms with Crippen molar-refractivity contribution in [2.75, 3.05) is 0 Å². The van der Waals surface area contributed by atoms with Crippen LogP contribution in [-0.2, 0) is 15.1 Å². The van der Waals surface area contributed by atoms with E-state index in [1.165, 1.54) is 12.2 Å². The van der Waals surface area contributed by atoms with E-state index in [1.54, 1.807) is 6.92 Å². The Morgan fingerprint density at radius 1 is 1.00 bits per heavy atom. The summed E-state index contributed by atoms with van der Waals surface area (Å²) in [6.07, 6.45) is 1.67. The molecule has 106 valence electrons. The zero-order valence-corrected chi connectivity index (χ0v) is 11.7. The summed E-state index contributed by atoms with van der Waals surface area (Å²) in [5, 5.41) is 9.60. The number of hydrogen-bond acceptors (Lipinski definition) is 3. The van der Waals surface area contributed by atoms with Gasteiger partial charge in [0.2, 0.25) is 0 Å². The van der Waals surface area contributed by atoms with Crippen LogP contribution in [0.5, 0.6) is 0 Å². The van der Waals surface area contributed by atoms with Gasteiger partial charge in [0.15, 0.2) is 17.7 Å². The predicted molar refractivity (Wildman–Crippen MR) is 80.5 cm³/mol. The molecule has 3 rings (SSSR count). The van der Waals surface area contributed by atoms with E-state index in [9.17, 15) is 9.90 Å². The van der Waals surface area contributed by atoms with Crippen LogP contribution in [-0.4, -0.2) is 17.2 Å². The summed E-state index contributed by atoms with van der Waals surface area (Å²) < 4.78 is 5.44. The van der Waals surface area contributed by atoms with Crippen LogP contribution in [0.2, 0.25) is 0 Å². The van der Waals surface area contributed by atoms with Crippen LogP contribution in [0.25, 0.3) is 11.1 Å². The minimum Gasteiger partial charge on any atom is -0.365 e. The van der Waals surface area contributed by atoms with Crippen LogP contribution >= 0.6 is 0 Å². The number of hydrogen-bond donors (Lipinski definition) is 1. The van der Waals surface area contributed by atoms with Crippen LogP contribution in [0.15, 0.2) is 66.7 Å². The fourth-order valence-corrected chi connectivity index (χ4v) is 2.49. The highest BCUT2D eigenvalue weighted by atomic mass is 16.6. The van der Waals surface area contributed by atoms with Crippen LogP contribution < -0.4 is 0 Å². The quantitative estimate of drug-likeness (QED) is 0.919. The third kappa shape index (κ3) is 2.53. The lowest BCUT2D eigenvalue weighted by Gasteiger charge is -2.32. The molecule has 0 radical (unpaired) electrons. The van der Waals surface area contributed by atoms with Crippen LogP contribution in [0.4, 0.5) is 0 Å². The van der Waals surface area contributed by atoms with Gasteiger partial charge < -0.3 is 9.84 Å². The van der Waals surface area contributed by atoms with E-state index in [-0.39, 0.29) is 5.78 Å². The minimum absolute atomic E-state index is 0.166. The molecule has 0 amide bonds. The minimum atomic E-state index is -1.14. The molecule has 2 aromatic rings. The SMILES string of the molecule is C[C@@]1(c2ccc(-c3ccccc3)cc2)O[C@@H](O)C=CC1=O. The highest BCUT2D eigenvalue weighted by Crippen LogP contribution is 2.32. The lowest BCUT2D eigenvalue weighted by molar-refractivity contribution is -0.177. The Bertz CT molecular complexity index is 673. The van der Waals surface area contributed by atoms with E-state index in [1.807, 2.05) is 54.6 Å². The number of ketones is 1. The standard InChI is InChI=1S/C18H16O3/c1-18(16(19)11-12-17(20)21-18)15-9-7-14(8-10-15)13-5-3-2-4-6-13/h2-12,17,20H,1H3/t17-,18+/m1/s1. The third-order valence-corrected chi connectivity index (χ3v) is 3.78. The van der Waals surface area contributed by atoms with Crippen molar-refractivity contribution in [1.82, 2.24) is 0 Å². The summed E-state index contributed by atoms with van der Waals surface area (Å²) in [7, 11) is 0. The van der Waals surface area contributed by atoms with Gasteiger partial charge >= 0.3 is 0 Å². The van der Waals surface area contributed by atoms with Crippen LogP contribution in [0, 0.1) is 0 Å². The van der Waals surface area contributed by atoms with Gasteiger partial charge in [-0.3, -0.25) is 4.79 Å². The van der Waals surface area contributed by atoms with Gasteiger partial charge in [-0.25, -0.2) is 0 Å². The molecule has 0 aromatic heterocycles. The molecule has 3 nitrogen and oxygen atoms in total. The van der Waals surface area contributed by atoms with Crippen molar-refractivity contribution < 1.29 is 14.6 Å². The van der Waals surface area contributed by atoms with Crippen molar-refractivity contribution >= 4 is 5.78 Å². The van der Waals surface area contributed by atoms with Crippen molar-refractivity contribution in [3.63, 3.8) is 0 Å². The second-order valence-corrected chi connectivity index (χ2v) is 5.21. The van der Waals surface area contributed by atoms with Crippen molar-refractivity contribution in [3.8, 4) is 11.1 Å². The summed E-state index contributed by atoms with van der Waals surface area (Å²) in [6, 6.07) is 17.7. The molecule has 0 saturated carbocycles. The first-order valence-corrected chi connectivity index (χ1v) is 6.84. The summed E-state index contributed by atoms with van der Waals surface area (Å²) in [6.45, 7) is 1.68. The Morgan fingerprint density at radius 2 is 1.62 bits per heavy atom. The number of ether oxygens (including phenoxy) is 1. The van der Waals surface area contributed by atoms with E-state index in [2.05, 4.69) is 0 Å². The molecule has 1 aliphatic heterocycles. The first-order chi connectivity index (χ1) is 10.1. The molecular formula is C18H16O3. The smallest absolute Gasteiger partial charge is 0.191 e. The molecule has 21 heavy (non-hydrogen) atoms. The Kier molecular flexibility index (Phi) is 3.45. The molecule has 0 bridgehead atoms. The van der Waals surface area contributed by atoms with E-state index < -0.39 is 11.9 Å². The lowest BCUT2D eigenvalue weighted by atomic mass is 9.88. The van der Waals surface area contributed by atoms with Crippen molar-refractivity contribution in [1.29, 1.82) is 0 Å². The maximum atomic E-state index is 12.1. The first-order valence-electron chi connectivity index (χ1n) is 6.84. The molecule has 0 saturated heterocycles. The Balaban J connectivity index is 1.94. The summed E-state index contributed by atoms with van der Waals surface area (Å²) >= 11 is 0. The topological polar surface area (TPSA) is 46.5 Å². The number of rotatable bonds is 2. The van der Waals surface area contributed by atoms with Gasteiger partial charge in [-0.2, -0.15) is 0 Å². The molecule has 0 unspecified atom stereocenters. The third-order valence-electron chi connectivity index (χ3n) is 3.78. The molecule has 0 fully saturated rings. The summed E-state index contributed by atoms with van der Waals surface area (Å²) in [4.78, 5) is 12.1. The normalized spacial score (nSPS) is 25.0. The molecule has 0 spiro atoms. The van der Waals surface area contributed by atoms with Crippen molar-refractivity contribution in [2.45, 2.75) is 18.8 Å². The van der Waals surface area contributed by atoms with Crippen LogP contribution in [0.3, 0.4) is 0 Å². The maximum absolute atomic E-state index is 12.1. The van der Waals surface area contributed by atoms with Gasteiger partial charge in [0.25, 0.3) is 0 Å². The zero-order valence-electron chi connectivity index (χ0n) is 11.7. The largest absolute Gasteiger partial charge is 0.365 e. The Hall–Kier alpha value is -2.23. The zero-order chi connectivity index (χ0) is 14.9. The van der Waals surface area contributed by atoms with E-state index in [4.69, 9.17) is 4.74 Å². The molecule has 1 aliphatic rings. The van der Waals surface area contributed by atoms with Crippen molar-refractivity contribution in [3.05, 3.63) is 72.3 Å². The van der Waals surface area contributed by atoms with E-state index in [0.717, 1.165) is 16.7 Å². The van der Waals surface area contributed by atoms with Gasteiger partial charge in [-0.15, -0.1) is 0 Å². The van der Waals surface area contributed by atoms with Gasteiger partial charge in [-0.05, 0) is 35.8 Å². The number of carbonyl (C=O) groups excluding carboxylic acids is 1. The fourth-order valence-electron chi connectivity index (χ4n) is 2.49. The lowest BCUT2D eigenvalue weighted by Crippen LogP contribution is -2.40. The maximum Gasteiger partial charge on any atom is 0.191 e. The number of carbonyl (C=O) groups is 1. The van der Waals surface area contributed by atoms with Crippen molar-refractivity contribution in [2.24, 2.45) is 0 Å². The van der Waals surface area contributed by atoms with Gasteiger partial charge in [-0.1, -0.05) is 54.6 Å². The monoisotopic (exact) mass is 280 g/mol. The highest BCUT2D eigenvalue weighted by Gasteiger charge is 2.38. The molecular weight excluding hydrogens is 264 g/mol. The second-order valence-electron chi connectivity index (χ2n) is 5.21. The molecule has 0 aliphatic carbocycles. The highest BCUT2D eigenvalue weighted by molar-refractivity contribution is 5.98. The average Bonchev–Trinajstić information content (AvgIpc) is 2.52. The molecule has 2 aromatic carbocycles. The Morgan fingerprint density at radius 3 is 2.29 bits per heavy atom. The van der Waals surface area contributed by atoms with Gasteiger partial charge in [0.05, 0.1) is 0 Å². The van der Waals surface area contributed by atoms with Crippen LogP contribution in [0.1, 0.15) is 12.5 Å². The first kappa shape index (κ1) is 13.7. The number of aliphatic hydroxyl groups excluding tert-OH is 1. The molecule has 3 heteroatoms. The molecule has 2 atom stereocenters. The predicted octanol–water partition coefficient (Wildman–Crippen LogP) is 3.04. The van der Waals surface area contributed by atoms with Gasteiger partial charge in [0, 0.05) is 0 Å². The second kappa shape index (κ2) is 5.28. The summed E-state index contributed by atoms with van der Waals surface area (Å²) in [5.41, 5.74) is 1.78. The molecule has 1 N–H and O–H groups in total. The Labute approximate surface area is 123 Å².